The van der Waals surface area contributed by atoms with Crippen LogP contribution in [-0.2, 0) is 6.54 Å². The Morgan fingerprint density at radius 1 is 1.71 bits per heavy atom. The molecule has 1 heterocycles. The van der Waals surface area contributed by atoms with E-state index < -0.39 is 0 Å². The van der Waals surface area contributed by atoms with Crippen LogP contribution < -0.4 is 5.73 Å². The molecule has 1 atom stereocenters. The van der Waals surface area contributed by atoms with Gasteiger partial charge in [0.05, 0.1) is 16.4 Å². The average molecular weight is 258 g/mol. The lowest BCUT2D eigenvalue weighted by molar-refractivity contribution is 0.523. The average Bonchev–Trinajstić information content (AvgIpc) is 2.87. The van der Waals surface area contributed by atoms with Crippen LogP contribution in [0, 0.1) is 5.92 Å². The number of hydrogen-bond donors (Lipinski definition) is 1. The van der Waals surface area contributed by atoms with E-state index in [2.05, 4.69) is 28.0 Å². The Morgan fingerprint density at radius 3 is 3.00 bits per heavy atom. The molecule has 0 saturated heterocycles. The van der Waals surface area contributed by atoms with Crippen LogP contribution in [0.1, 0.15) is 37.9 Å². The van der Waals surface area contributed by atoms with Crippen LogP contribution in [0.5, 0.6) is 0 Å². The summed E-state index contributed by atoms with van der Waals surface area (Å²) in [6.07, 6.45) is 5.65. The lowest BCUT2D eigenvalue weighted by atomic mass is 10.1. The van der Waals surface area contributed by atoms with Crippen molar-refractivity contribution in [1.29, 1.82) is 0 Å². The maximum absolute atomic E-state index is 6.17. The van der Waals surface area contributed by atoms with E-state index in [1.54, 1.807) is 0 Å². The van der Waals surface area contributed by atoms with Crippen LogP contribution in [0.4, 0.5) is 0 Å². The molecule has 0 radical (unpaired) electrons. The van der Waals surface area contributed by atoms with Crippen molar-refractivity contribution in [3.8, 4) is 0 Å². The molecule has 1 aliphatic rings. The number of nitrogens with zero attached hydrogens (tertiary/aromatic N) is 2. The summed E-state index contributed by atoms with van der Waals surface area (Å²) in [6, 6.07) is 0.138. The third-order valence-corrected chi connectivity index (χ3v) is 3.38. The largest absolute Gasteiger partial charge is 0.323 e. The van der Waals surface area contributed by atoms with Crippen LogP contribution >= 0.6 is 15.9 Å². The molecule has 0 aliphatic heterocycles. The fraction of sp³-hybridized carbons (Fsp3) is 0.700. The topological polar surface area (TPSA) is 43.8 Å². The molecule has 1 fully saturated rings. The van der Waals surface area contributed by atoms with Gasteiger partial charge in [-0.05, 0) is 35.2 Å². The van der Waals surface area contributed by atoms with Gasteiger partial charge in [0, 0.05) is 12.6 Å². The van der Waals surface area contributed by atoms with Crippen molar-refractivity contribution >= 4 is 15.9 Å². The van der Waals surface area contributed by atoms with Gasteiger partial charge < -0.3 is 5.73 Å². The van der Waals surface area contributed by atoms with Gasteiger partial charge in [-0.25, -0.2) is 0 Å². The van der Waals surface area contributed by atoms with E-state index in [1.165, 1.54) is 12.8 Å². The van der Waals surface area contributed by atoms with E-state index in [0.717, 1.165) is 29.1 Å². The molecule has 1 saturated carbocycles. The fourth-order valence-electron chi connectivity index (χ4n) is 1.82. The van der Waals surface area contributed by atoms with Gasteiger partial charge in [0.2, 0.25) is 0 Å². The van der Waals surface area contributed by atoms with Crippen molar-refractivity contribution in [2.75, 3.05) is 0 Å². The quantitative estimate of drug-likeness (QED) is 0.901. The first kappa shape index (κ1) is 10.2. The van der Waals surface area contributed by atoms with Crippen molar-refractivity contribution in [2.24, 2.45) is 11.7 Å². The van der Waals surface area contributed by atoms with E-state index in [0.29, 0.717) is 0 Å². The minimum absolute atomic E-state index is 0.138. The normalized spacial score (nSPS) is 18.5. The number of aryl methyl sites for hydroxylation is 1. The lowest BCUT2D eigenvalue weighted by Crippen LogP contribution is -2.17. The second-order valence-electron chi connectivity index (χ2n) is 3.98. The van der Waals surface area contributed by atoms with Gasteiger partial charge in [0.15, 0.2) is 0 Å². The Morgan fingerprint density at radius 2 is 2.43 bits per heavy atom. The third kappa shape index (κ3) is 2.01. The number of nitrogens with two attached hydrogens (primary N) is 1. The Bertz CT molecular complexity index is 317. The molecule has 1 aromatic heterocycles. The Hall–Kier alpha value is -0.350. The van der Waals surface area contributed by atoms with E-state index in [4.69, 9.17) is 5.73 Å². The van der Waals surface area contributed by atoms with Crippen LogP contribution in [0.25, 0.3) is 0 Å². The highest BCUT2D eigenvalue weighted by Gasteiger charge is 2.26. The Balaban J connectivity index is 2.14. The summed E-state index contributed by atoms with van der Waals surface area (Å²) < 4.78 is 3.03. The highest BCUT2D eigenvalue weighted by atomic mass is 79.9. The van der Waals surface area contributed by atoms with Gasteiger partial charge in [-0.15, -0.1) is 0 Å². The summed E-state index contributed by atoms with van der Waals surface area (Å²) >= 11 is 3.51. The molecule has 1 aliphatic carbocycles. The van der Waals surface area contributed by atoms with Crippen molar-refractivity contribution < 1.29 is 0 Å². The highest BCUT2D eigenvalue weighted by molar-refractivity contribution is 9.10. The zero-order chi connectivity index (χ0) is 10.1. The van der Waals surface area contributed by atoms with E-state index in [1.807, 2.05) is 10.9 Å². The molecule has 0 spiro atoms. The van der Waals surface area contributed by atoms with E-state index in [9.17, 15) is 0 Å². The van der Waals surface area contributed by atoms with Crippen LogP contribution in [0.15, 0.2) is 10.7 Å². The predicted molar refractivity (Wildman–Crippen MR) is 59.9 cm³/mol. The highest BCUT2D eigenvalue weighted by Crippen LogP contribution is 2.38. The zero-order valence-corrected chi connectivity index (χ0v) is 10.00. The molecule has 14 heavy (non-hydrogen) atoms. The molecule has 1 unspecified atom stereocenters. The zero-order valence-electron chi connectivity index (χ0n) is 8.41. The molecule has 78 valence electrons. The first-order valence-corrected chi connectivity index (χ1v) is 5.98. The smallest absolute Gasteiger partial charge is 0.0693 e. The Labute approximate surface area is 92.8 Å². The number of rotatable bonds is 4. The van der Waals surface area contributed by atoms with E-state index >= 15 is 0 Å². The van der Waals surface area contributed by atoms with Crippen LogP contribution in [0.3, 0.4) is 0 Å². The van der Waals surface area contributed by atoms with Gasteiger partial charge in [0.1, 0.15) is 0 Å². The monoisotopic (exact) mass is 257 g/mol. The van der Waals surface area contributed by atoms with Gasteiger partial charge >= 0.3 is 0 Å². The molecule has 1 aromatic rings. The summed E-state index contributed by atoms with van der Waals surface area (Å²) in [6.45, 7) is 2.98. The molecule has 3 nitrogen and oxygen atoms in total. The summed E-state index contributed by atoms with van der Waals surface area (Å²) in [5.41, 5.74) is 7.32. The summed E-state index contributed by atoms with van der Waals surface area (Å²) in [7, 11) is 0. The third-order valence-electron chi connectivity index (χ3n) is 2.77. The van der Waals surface area contributed by atoms with Crippen LogP contribution in [0.2, 0.25) is 0 Å². The first-order chi connectivity index (χ1) is 6.72. The molecule has 0 bridgehead atoms. The van der Waals surface area contributed by atoms with Crippen LogP contribution in [-0.4, -0.2) is 9.78 Å². The van der Waals surface area contributed by atoms with Gasteiger partial charge in [-0.1, -0.05) is 12.8 Å². The van der Waals surface area contributed by atoms with Crippen molar-refractivity contribution in [1.82, 2.24) is 9.78 Å². The molecule has 0 aromatic carbocycles. The lowest BCUT2D eigenvalue weighted by Gasteiger charge is -2.13. The summed E-state index contributed by atoms with van der Waals surface area (Å²) in [5, 5.41) is 4.27. The predicted octanol–water partition coefficient (Wildman–Crippen LogP) is 2.47. The number of aromatic nitrogens is 2. The molecule has 0 amide bonds. The minimum Gasteiger partial charge on any atom is -0.323 e. The van der Waals surface area contributed by atoms with Crippen molar-refractivity contribution in [3.05, 3.63) is 16.4 Å². The second-order valence-corrected chi connectivity index (χ2v) is 4.83. The van der Waals surface area contributed by atoms with Crippen molar-refractivity contribution in [2.45, 2.75) is 38.8 Å². The van der Waals surface area contributed by atoms with Gasteiger partial charge in [-0.3, -0.25) is 4.68 Å². The molecular weight excluding hydrogens is 242 g/mol. The number of hydrogen-bond acceptors (Lipinski definition) is 2. The van der Waals surface area contributed by atoms with Gasteiger partial charge in [-0.2, -0.15) is 5.10 Å². The fourth-order valence-corrected chi connectivity index (χ4v) is 2.41. The molecule has 2 N–H and O–H groups in total. The maximum atomic E-state index is 6.17. The second kappa shape index (κ2) is 4.03. The first-order valence-electron chi connectivity index (χ1n) is 5.19. The van der Waals surface area contributed by atoms with Gasteiger partial charge in [0.25, 0.3) is 0 Å². The number of halogens is 1. The summed E-state index contributed by atoms with van der Waals surface area (Å²) in [5.74, 6) is 0.858. The summed E-state index contributed by atoms with van der Waals surface area (Å²) in [4.78, 5) is 0. The standard InChI is InChI=1S/C10H16BrN3/c1-2-14-10(8(11)6-13-14)9(12)5-7-3-4-7/h6-7,9H,2-5,12H2,1H3. The Kier molecular flexibility index (Phi) is 2.93. The molecule has 2 rings (SSSR count). The SMILES string of the molecule is CCn1ncc(Br)c1C(N)CC1CC1. The van der Waals surface area contributed by atoms with Crippen molar-refractivity contribution in [3.63, 3.8) is 0 Å². The molecular formula is C10H16BrN3. The minimum atomic E-state index is 0.138. The molecule has 4 heteroatoms. The van der Waals surface area contributed by atoms with E-state index in [-0.39, 0.29) is 6.04 Å². The maximum Gasteiger partial charge on any atom is 0.0693 e.